The van der Waals surface area contributed by atoms with Crippen molar-refractivity contribution >= 4 is 16.9 Å². The van der Waals surface area contributed by atoms with Crippen LogP contribution in [0, 0.1) is 5.82 Å². The number of hydrogen-bond donors (Lipinski definition) is 2. The van der Waals surface area contributed by atoms with Crippen LogP contribution in [0.1, 0.15) is 24.2 Å². The van der Waals surface area contributed by atoms with Crippen molar-refractivity contribution in [2.75, 3.05) is 33.8 Å². The zero-order valence-electron chi connectivity index (χ0n) is 18.7. The summed E-state index contributed by atoms with van der Waals surface area (Å²) in [4.78, 5) is 6.72. The molecule has 0 amide bonds. The number of rotatable bonds is 7. The van der Waals surface area contributed by atoms with E-state index >= 15 is 0 Å². The molecule has 1 saturated heterocycles. The number of furan rings is 1. The maximum atomic E-state index is 13.9. The van der Waals surface area contributed by atoms with Crippen molar-refractivity contribution in [2.24, 2.45) is 4.99 Å². The van der Waals surface area contributed by atoms with Crippen molar-refractivity contribution < 1.29 is 13.5 Å². The maximum absolute atomic E-state index is 13.9. The molecule has 0 atom stereocenters. The highest BCUT2D eigenvalue weighted by atomic mass is 19.1. The Hall–Kier alpha value is -3.06. The number of nitrogens with zero attached hydrogens (tertiary/aromatic N) is 2. The molecule has 6 nitrogen and oxygen atoms in total. The molecule has 0 bridgehead atoms. The van der Waals surface area contributed by atoms with E-state index < -0.39 is 0 Å². The van der Waals surface area contributed by atoms with Gasteiger partial charge >= 0.3 is 0 Å². The van der Waals surface area contributed by atoms with Crippen molar-refractivity contribution in [3.05, 3.63) is 65.7 Å². The minimum atomic E-state index is -0.306. The Kier molecular flexibility index (Phi) is 7.27. The topological polar surface area (TPSA) is 62.0 Å². The number of para-hydroxylation sites is 1. The van der Waals surface area contributed by atoms with E-state index in [9.17, 15) is 4.39 Å². The fourth-order valence-corrected chi connectivity index (χ4v) is 4.15. The summed E-state index contributed by atoms with van der Waals surface area (Å²) in [6, 6.07) is 15.7. The number of aliphatic imine (C=N–C) groups is 1. The molecule has 32 heavy (non-hydrogen) atoms. The van der Waals surface area contributed by atoms with E-state index in [1.165, 1.54) is 7.11 Å². The molecule has 1 aliphatic rings. The number of ether oxygens (including phenoxy) is 1. The van der Waals surface area contributed by atoms with Gasteiger partial charge in [0.05, 0.1) is 7.11 Å². The first-order chi connectivity index (χ1) is 15.6. The first-order valence-corrected chi connectivity index (χ1v) is 11.1. The van der Waals surface area contributed by atoms with E-state index in [0.717, 1.165) is 73.7 Å². The maximum Gasteiger partial charge on any atom is 0.191 e. The second-order valence-electron chi connectivity index (χ2n) is 8.16. The molecule has 2 heterocycles. The van der Waals surface area contributed by atoms with Gasteiger partial charge in [-0.3, -0.25) is 9.89 Å². The summed E-state index contributed by atoms with van der Waals surface area (Å²) in [7, 11) is 3.28. The molecule has 1 fully saturated rings. The monoisotopic (exact) mass is 438 g/mol. The lowest BCUT2D eigenvalue weighted by Crippen LogP contribution is -2.48. The molecule has 1 aliphatic heterocycles. The molecule has 2 aromatic carbocycles. The first kappa shape index (κ1) is 22.1. The predicted octanol–water partition coefficient (Wildman–Crippen LogP) is 3.95. The van der Waals surface area contributed by atoms with Crippen LogP contribution in [0.3, 0.4) is 0 Å². The third-order valence-electron chi connectivity index (χ3n) is 5.91. The van der Waals surface area contributed by atoms with E-state index in [0.29, 0.717) is 6.04 Å². The van der Waals surface area contributed by atoms with Crippen molar-refractivity contribution in [1.82, 2.24) is 15.5 Å². The van der Waals surface area contributed by atoms with Gasteiger partial charge in [-0.15, -0.1) is 0 Å². The number of methoxy groups -OCH3 is 1. The number of halogens is 1. The molecule has 0 aliphatic carbocycles. The van der Waals surface area contributed by atoms with Crippen LogP contribution in [-0.4, -0.2) is 50.7 Å². The molecule has 7 heteroatoms. The van der Waals surface area contributed by atoms with Gasteiger partial charge in [0.1, 0.15) is 11.3 Å². The molecule has 0 saturated carbocycles. The van der Waals surface area contributed by atoms with Gasteiger partial charge in [-0.2, -0.15) is 0 Å². The summed E-state index contributed by atoms with van der Waals surface area (Å²) in [6.45, 7) is 3.42. The van der Waals surface area contributed by atoms with E-state index in [1.807, 2.05) is 24.3 Å². The molecule has 0 unspecified atom stereocenters. The number of likely N-dealkylation sites (tertiary alicyclic amines) is 1. The third kappa shape index (κ3) is 5.59. The Morgan fingerprint density at radius 2 is 2.00 bits per heavy atom. The Bertz CT molecular complexity index is 1020. The Morgan fingerprint density at radius 1 is 1.19 bits per heavy atom. The van der Waals surface area contributed by atoms with Gasteiger partial charge in [-0.25, -0.2) is 4.39 Å². The second-order valence-corrected chi connectivity index (χ2v) is 8.16. The molecule has 1 aromatic heterocycles. The fourth-order valence-electron chi connectivity index (χ4n) is 4.15. The van der Waals surface area contributed by atoms with E-state index in [-0.39, 0.29) is 11.6 Å². The van der Waals surface area contributed by atoms with Crippen LogP contribution in [0.4, 0.5) is 4.39 Å². The quantitative estimate of drug-likeness (QED) is 0.432. The average Bonchev–Trinajstić information content (AvgIpc) is 3.22. The lowest BCUT2D eigenvalue weighted by Gasteiger charge is -2.33. The largest absolute Gasteiger partial charge is 0.494 e. The minimum Gasteiger partial charge on any atom is -0.494 e. The van der Waals surface area contributed by atoms with Gasteiger partial charge in [0.25, 0.3) is 0 Å². The number of benzene rings is 2. The molecular formula is C25H31FN4O2. The molecule has 170 valence electrons. The summed E-state index contributed by atoms with van der Waals surface area (Å²) in [5.41, 5.74) is 1.90. The molecule has 0 radical (unpaired) electrons. The van der Waals surface area contributed by atoms with Crippen molar-refractivity contribution in [2.45, 2.75) is 31.8 Å². The lowest BCUT2D eigenvalue weighted by atomic mass is 10.0. The normalized spacial score (nSPS) is 15.8. The highest BCUT2D eigenvalue weighted by molar-refractivity contribution is 5.80. The molecular weight excluding hydrogens is 407 g/mol. The molecule has 2 N–H and O–H groups in total. The predicted molar refractivity (Wildman–Crippen MR) is 126 cm³/mol. The standard InChI is InChI=1S/C25H31FN4O2/c1-27-25(28-12-9-21-16-19-5-3-4-6-23(19)32-21)29-20-10-13-30(14-11-20)17-18-7-8-24(31-2)22(26)15-18/h3-8,15-16,20H,9-14,17H2,1-2H3,(H2,27,28,29). The van der Waals surface area contributed by atoms with Crippen LogP contribution >= 0.6 is 0 Å². The van der Waals surface area contributed by atoms with Gasteiger partial charge in [-0.05, 0) is 42.7 Å². The van der Waals surface area contributed by atoms with Crippen LogP contribution < -0.4 is 15.4 Å². The summed E-state index contributed by atoms with van der Waals surface area (Å²) >= 11 is 0. The van der Waals surface area contributed by atoms with Gasteiger partial charge < -0.3 is 19.8 Å². The fraction of sp³-hybridized carbons (Fsp3) is 0.400. The summed E-state index contributed by atoms with van der Waals surface area (Å²) in [5.74, 6) is 1.77. The van der Waals surface area contributed by atoms with Crippen LogP contribution in [0.2, 0.25) is 0 Å². The summed E-state index contributed by atoms with van der Waals surface area (Å²) < 4.78 is 24.8. The number of piperidine rings is 1. The van der Waals surface area contributed by atoms with E-state index in [1.54, 1.807) is 19.2 Å². The van der Waals surface area contributed by atoms with E-state index in [4.69, 9.17) is 9.15 Å². The van der Waals surface area contributed by atoms with Crippen molar-refractivity contribution in [1.29, 1.82) is 0 Å². The number of fused-ring (bicyclic) bond motifs is 1. The first-order valence-electron chi connectivity index (χ1n) is 11.1. The average molecular weight is 439 g/mol. The molecule has 3 aromatic rings. The Morgan fingerprint density at radius 3 is 2.72 bits per heavy atom. The number of nitrogens with one attached hydrogen (secondary N) is 2. The Labute approximate surface area is 188 Å². The lowest BCUT2D eigenvalue weighted by molar-refractivity contribution is 0.198. The zero-order valence-corrected chi connectivity index (χ0v) is 18.7. The van der Waals surface area contributed by atoms with Crippen molar-refractivity contribution in [3.8, 4) is 5.75 Å². The van der Waals surface area contributed by atoms with Gasteiger partial charge in [0.2, 0.25) is 0 Å². The van der Waals surface area contributed by atoms with Gasteiger partial charge in [0.15, 0.2) is 17.5 Å². The Balaban J connectivity index is 1.20. The van der Waals surface area contributed by atoms with Crippen LogP contribution in [0.5, 0.6) is 5.75 Å². The highest BCUT2D eigenvalue weighted by Crippen LogP contribution is 2.21. The summed E-state index contributed by atoms with van der Waals surface area (Å²) in [6.07, 6.45) is 2.83. The smallest absolute Gasteiger partial charge is 0.191 e. The van der Waals surface area contributed by atoms with Crippen LogP contribution in [0.25, 0.3) is 11.0 Å². The van der Waals surface area contributed by atoms with Gasteiger partial charge in [0, 0.05) is 51.1 Å². The minimum absolute atomic E-state index is 0.288. The van der Waals surface area contributed by atoms with Gasteiger partial charge in [-0.1, -0.05) is 24.3 Å². The highest BCUT2D eigenvalue weighted by Gasteiger charge is 2.20. The SMILES string of the molecule is CN=C(NCCc1cc2ccccc2o1)NC1CCN(Cc2ccc(OC)c(F)c2)CC1. The third-order valence-corrected chi connectivity index (χ3v) is 5.91. The second kappa shape index (κ2) is 10.5. The van der Waals surface area contributed by atoms with E-state index in [2.05, 4.69) is 32.7 Å². The molecule has 4 rings (SSSR count). The number of hydrogen-bond acceptors (Lipinski definition) is 4. The molecule has 0 spiro atoms. The van der Waals surface area contributed by atoms with Crippen molar-refractivity contribution in [3.63, 3.8) is 0 Å². The zero-order chi connectivity index (χ0) is 22.3. The summed E-state index contributed by atoms with van der Waals surface area (Å²) in [5, 5.41) is 8.06. The number of guanidine groups is 1. The van der Waals surface area contributed by atoms with Crippen LogP contribution in [0.15, 0.2) is 57.9 Å². The van der Waals surface area contributed by atoms with Crippen LogP contribution in [-0.2, 0) is 13.0 Å².